The van der Waals surface area contributed by atoms with Gasteiger partial charge in [0.15, 0.2) is 0 Å². The Balaban J connectivity index is 1.20. The third kappa shape index (κ3) is 6.11. The number of imidazole rings is 1. The number of hydrogen-bond acceptors (Lipinski definition) is 3. The van der Waals surface area contributed by atoms with Gasteiger partial charge in [-0.25, -0.2) is 18.0 Å². The number of halogens is 2. The molecule has 1 saturated carbocycles. The summed E-state index contributed by atoms with van der Waals surface area (Å²) in [5.41, 5.74) is 7.50. The molecule has 1 atom stereocenters. The van der Waals surface area contributed by atoms with Crippen LogP contribution in [-0.4, -0.2) is 26.2 Å². The lowest BCUT2D eigenvalue weighted by molar-refractivity contribution is -0.117. The van der Waals surface area contributed by atoms with Crippen molar-refractivity contribution in [1.29, 1.82) is 0 Å². The number of hydrogen-bond donors (Lipinski definition) is 1. The average Bonchev–Trinajstić information content (AvgIpc) is 3.63. The van der Waals surface area contributed by atoms with Crippen molar-refractivity contribution in [3.63, 3.8) is 0 Å². The summed E-state index contributed by atoms with van der Waals surface area (Å²) in [6.07, 6.45) is 8.70. The quantitative estimate of drug-likeness (QED) is 0.197. The van der Waals surface area contributed by atoms with E-state index < -0.39 is 22.8 Å². The van der Waals surface area contributed by atoms with Crippen molar-refractivity contribution in [2.75, 3.05) is 10.8 Å². The number of nitrogens with one attached hydrogen (secondary N) is 1. The molecule has 7 rings (SSSR count). The third-order valence-electron chi connectivity index (χ3n) is 9.05. The SMILES string of the molecule is Cc1ccc(-n2cc(-c3ccc(F)cc3F)nc2Cc2ccc(-c3ccc(C4CCCCC4)cc3)cc2)cc1N1CC(=O)NS1=O. The van der Waals surface area contributed by atoms with Gasteiger partial charge in [-0.05, 0) is 77.8 Å². The Bertz CT molecular complexity index is 1930. The van der Waals surface area contributed by atoms with E-state index in [9.17, 15) is 17.8 Å². The van der Waals surface area contributed by atoms with Gasteiger partial charge in [-0.1, -0.05) is 73.9 Å². The summed E-state index contributed by atoms with van der Waals surface area (Å²) in [7, 11) is 0. The second-order valence-electron chi connectivity index (χ2n) is 12.1. The smallest absolute Gasteiger partial charge is 0.253 e. The van der Waals surface area contributed by atoms with Gasteiger partial charge in [0.05, 0.1) is 11.4 Å². The minimum Gasteiger partial charge on any atom is -0.303 e. The average molecular weight is 637 g/mol. The van der Waals surface area contributed by atoms with E-state index in [0.717, 1.165) is 22.8 Å². The third-order valence-corrected chi connectivity index (χ3v) is 10.2. The Labute approximate surface area is 269 Å². The maximum Gasteiger partial charge on any atom is 0.253 e. The highest BCUT2D eigenvalue weighted by atomic mass is 32.2. The topological polar surface area (TPSA) is 67.2 Å². The van der Waals surface area contributed by atoms with Crippen molar-refractivity contribution in [2.45, 2.75) is 51.4 Å². The van der Waals surface area contributed by atoms with Crippen LogP contribution >= 0.6 is 0 Å². The summed E-state index contributed by atoms with van der Waals surface area (Å²) >= 11 is -1.68. The number of aryl methyl sites for hydroxylation is 1. The molecular formula is C37H34F2N4O2S. The molecule has 5 aromatic rings. The maximum absolute atomic E-state index is 14.9. The molecule has 2 fully saturated rings. The van der Waals surface area contributed by atoms with Gasteiger partial charge in [0, 0.05) is 29.9 Å². The lowest BCUT2D eigenvalue weighted by atomic mass is 9.83. The largest absolute Gasteiger partial charge is 0.303 e. The summed E-state index contributed by atoms with van der Waals surface area (Å²) < 4.78 is 47.0. The zero-order chi connectivity index (χ0) is 31.8. The molecule has 0 bridgehead atoms. The Kier molecular flexibility index (Phi) is 8.25. The minimum atomic E-state index is -1.68. The molecular weight excluding hydrogens is 602 g/mol. The highest BCUT2D eigenvalue weighted by Crippen LogP contribution is 2.34. The first-order valence-corrected chi connectivity index (χ1v) is 16.8. The van der Waals surface area contributed by atoms with Crippen LogP contribution in [0.3, 0.4) is 0 Å². The normalized spacial score (nSPS) is 17.0. The van der Waals surface area contributed by atoms with E-state index in [1.807, 2.05) is 29.7 Å². The zero-order valence-electron chi connectivity index (χ0n) is 25.5. The van der Waals surface area contributed by atoms with Gasteiger partial charge < -0.3 is 4.57 Å². The van der Waals surface area contributed by atoms with Crippen LogP contribution in [0.4, 0.5) is 14.5 Å². The molecule has 6 nitrogen and oxygen atoms in total. The predicted molar refractivity (Wildman–Crippen MR) is 178 cm³/mol. The van der Waals surface area contributed by atoms with E-state index in [0.29, 0.717) is 35.2 Å². The van der Waals surface area contributed by atoms with Gasteiger partial charge in [0.25, 0.3) is 5.91 Å². The van der Waals surface area contributed by atoms with Crippen LogP contribution in [0.1, 0.15) is 60.5 Å². The summed E-state index contributed by atoms with van der Waals surface area (Å²) in [6.45, 7) is 1.87. The van der Waals surface area contributed by atoms with Gasteiger partial charge in [-0.15, -0.1) is 0 Å². The highest BCUT2D eigenvalue weighted by Gasteiger charge is 2.28. The van der Waals surface area contributed by atoms with Crippen LogP contribution in [0.5, 0.6) is 0 Å². The minimum absolute atomic E-state index is 0.0185. The van der Waals surface area contributed by atoms with Crippen molar-refractivity contribution in [2.24, 2.45) is 0 Å². The van der Waals surface area contributed by atoms with Gasteiger partial charge in [0.2, 0.25) is 11.2 Å². The second kappa shape index (κ2) is 12.6. The Morgan fingerprint density at radius 3 is 2.28 bits per heavy atom. The molecule has 4 aromatic carbocycles. The number of benzene rings is 4. The van der Waals surface area contributed by atoms with Crippen LogP contribution < -0.4 is 9.03 Å². The predicted octanol–water partition coefficient (Wildman–Crippen LogP) is 7.95. The molecule has 1 amide bonds. The molecule has 1 aromatic heterocycles. The number of carbonyl (C=O) groups excluding carboxylic acids is 1. The fourth-order valence-electron chi connectivity index (χ4n) is 6.54. The number of anilines is 1. The van der Waals surface area contributed by atoms with Crippen LogP contribution in [-0.2, 0) is 22.4 Å². The molecule has 46 heavy (non-hydrogen) atoms. The number of nitrogens with zero attached hydrogens (tertiary/aromatic N) is 3. The van der Waals surface area contributed by atoms with Gasteiger partial charge in [-0.3, -0.25) is 13.8 Å². The summed E-state index contributed by atoms with van der Waals surface area (Å²) in [4.78, 5) is 16.8. The van der Waals surface area contributed by atoms with Crippen molar-refractivity contribution in [3.05, 3.63) is 125 Å². The molecule has 234 valence electrons. The van der Waals surface area contributed by atoms with Gasteiger partial charge in [-0.2, -0.15) is 0 Å². The highest BCUT2D eigenvalue weighted by molar-refractivity contribution is 7.85. The molecule has 1 aliphatic heterocycles. The molecule has 1 N–H and O–H groups in total. The lowest BCUT2D eigenvalue weighted by Crippen LogP contribution is -2.23. The first-order valence-electron chi connectivity index (χ1n) is 15.7. The number of carbonyl (C=O) groups is 1. The molecule has 9 heteroatoms. The number of aromatic nitrogens is 2. The fraction of sp³-hybridized carbons (Fsp3) is 0.243. The van der Waals surface area contributed by atoms with E-state index in [4.69, 9.17) is 4.98 Å². The summed E-state index contributed by atoms with van der Waals surface area (Å²) in [5.74, 6) is -0.353. The maximum atomic E-state index is 14.9. The van der Waals surface area contributed by atoms with E-state index >= 15 is 0 Å². The van der Waals surface area contributed by atoms with Crippen LogP contribution in [0, 0.1) is 18.6 Å². The summed E-state index contributed by atoms with van der Waals surface area (Å²) in [5, 5.41) is 0. The number of rotatable bonds is 7. The van der Waals surface area contributed by atoms with Crippen LogP contribution in [0.2, 0.25) is 0 Å². The Morgan fingerprint density at radius 1 is 0.891 bits per heavy atom. The molecule has 1 saturated heterocycles. The molecule has 2 heterocycles. The molecule has 1 unspecified atom stereocenters. The van der Waals surface area contributed by atoms with Gasteiger partial charge >= 0.3 is 0 Å². The zero-order valence-corrected chi connectivity index (χ0v) is 26.3. The molecule has 0 radical (unpaired) electrons. The van der Waals surface area contributed by atoms with E-state index in [-0.39, 0.29) is 18.0 Å². The van der Waals surface area contributed by atoms with Crippen LogP contribution in [0.15, 0.2) is 91.1 Å². The van der Waals surface area contributed by atoms with Crippen LogP contribution in [0.25, 0.3) is 28.1 Å². The Hall–Kier alpha value is -4.63. The first kappa shape index (κ1) is 30.0. The molecule has 1 aliphatic carbocycles. The molecule has 2 aliphatic rings. The number of amides is 1. The molecule has 0 spiro atoms. The second-order valence-corrected chi connectivity index (χ2v) is 13.3. The fourth-order valence-corrected chi connectivity index (χ4v) is 7.52. The van der Waals surface area contributed by atoms with E-state index in [2.05, 4.69) is 53.3 Å². The van der Waals surface area contributed by atoms with Crippen molar-refractivity contribution >= 4 is 22.8 Å². The standard InChI is InChI=1S/C37H34F2N4O2S/c1-24-7-17-31(21-35(24)43-23-37(44)41-46(43)45)42-22-34(32-18-16-30(38)20-33(32)39)40-36(42)19-25-8-10-27(11-9-25)29-14-12-28(13-15-29)26-5-3-2-4-6-26/h7-18,20-22,26H,2-6,19,23H2,1H3,(H,41,44). The van der Waals surface area contributed by atoms with Crippen molar-refractivity contribution in [3.8, 4) is 28.1 Å². The van der Waals surface area contributed by atoms with E-state index in [1.165, 1.54) is 59.7 Å². The van der Waals surface area contributed by atoms with E-state index in [1.54, 1.807) is 6.20 Å². The Morgan fingerprint density at radius 2 is 1.61 bits per heavy atom. The summed E-state index contributed by atoms with van der Waals surface area (Å²) in [6, 6.07) is 26.4. The first-order chi connectivity index (χ1) is 22.3. The monoisotopic (exact) mass is 636 g/mol. The van der Waals surface area contributed by atoms with Crippen molar-refractivity contribution < 1.29 is 17.8 Å². The van der Waals surface area contributed by atoms with Gasteiger partial charge in [0.1, 0.15) is 24.0 Å². The lowest BCUT2D eigenvalue weighted by Gasteiger charge is -2.22. The van der Waals surface area contributed by atoms with Crippen molar-refractivity contribution in [1.82, 2.24) is 14.3 Å².